The Balaban J connectivity index is 1.47. The minimum absolute atomic E-state index is 0.0471. The van der Waals surface area contributed by atoms with Crippen molar-refractivity contribution in [1.29, 1.82) is 0 Å². The number of nitrogens with one attached hydrogen (secondary N) is 1. The number of hydrogen-bond acceptors (Lipinski definition) is 2. The molecule has 4 rings (SSSR count). The second-order valence-corrected chi connectivity index (χ2v) is 8.97. The van der Waals surface area contributed by atoms with E-state index in [9.17, 15) is 18.0 Å². The number of carbonyl (C=O) groups is 1. The molecule has 0 spiro atoms. The third-order valence-corrected chi connectivity index (χ3v) is 6.73. The van der Waals surface area contributed by atoms with Crippen molar-refractivity contribution in [3.05, 3.63) is 82.9 Å². The summed E-state index contributed by atoms with van der Waals surface area (Å²) < 4.78 is 40.9. The summed E-state index contributed by atoms with van der Waals surface area (Å²) in [6, 6.07) is 19.3. The van der Waals surface area contributed by atoms with Crippen molar-refractivity contribution in [3.63, 3.8) is 0 Å². The lowest BCUT2D eigenvalue weighted by Crippen LogP contribution is -2.29. The van der Waals surface area contributed by atoms with Gasteiger partial charge < -0.3 is 10.4 Å². The summed E-state index contributed by atoms with van der Waals surface area (Å²) in [5, 5.41) is 14.9. The average Bonchev–Trinajstić information content (AvgIpc) is 3.25. The van der Waals surface area contributed by atoms with E-state index in [4.69, 9.17) is 5.11 Å². The molecular weight excluding hydrogens is 427 g/mol. The van der Waals surface area contributed by atoms with Crippen LogP contribution in [0.2, 0.25) is 0 Å². The predicted octanol–water partition coefficient (Wildman–Crippen LogP) is 6.86. The maximum absolute atomic E-state index is 13.6. The number of rotatable bonds is 7. The van der Waals surface area contributed by atoms with Gasteiger partial charge in [0.1, 0.15) is 0 Å². The SMILES string of the molecule is C[C@H](N[C@H]1CCC(c2ccc(CCC(=O)O)c(C(F)(F)F)c2)C1)c1cccc2ccccc12. The topological polar surface area (TPSA) is 49.3 Å². The Morgan fingerprint density at radius 1 is 1.09 bits per heavy atom. The Kier molecular flexibility index (Phi) is 6.75. The molecule has 0 radical (unpaired) electrons. The van der Waals surface area contributed by atoms with Gasteiger partial charge in [0.25, 0.3) is 0 Å². The zero-order valence-corrected chi connectivity index (χ0v) is 18.5. The molecule has 0 bridgehead atoms. The Hall–Kier alpha value is -2.86. The second-order valence-electron chi connectivity index (χ2n) is 8.97. The van der Waals surface area contributed by atoms with Gasteiger partial charge in [-0.2, -0.15) is 13.2 Å². The van der Waals surface area contributed by atoms with Crippen LogP contribution in [0.4, 0.5) is 13.2 Å². The van der Waals surface area contributed by atoms with Crippen molar-refractivity contribution in [2.75, 3.05) is 0 Å². The molecule has 174 valence electrons. The number of halogens is 3. The molecule has 3 aromatic carbocycles. The predicted molar refractivity (Wildman–Crippen MR) is 123 cm³/mol. The van der Waals surface area contributed by atoms with Gasteiger partial charge in [0.05, 0.1) is 5.56 Å². The fourth-order valence-corrected chi connectivity index (χ4v) is 5.08. The maximum Gasteiger partial charge on any atom is 0.416 e. The standard InChI is InChI=1S/C27H28F3NO2/c1-17(23-8-4-6-18-5-2-3-7-24(18)23)31-22-13-11-20(15-22)21-10-9-19(12-14-26(32)33)25(16-21)27(28,29)30/h2-10,16-17,20,22,31H,11-15H2,1H3,(H,32,33)/t17-,20?,22-/m0/s1. The smallest absolute Gasteiger partial charge is 0.416 e. The number of aryl methyl sites for hydroxylation is 1. The Bertz CT molecular complexity index is 1140. The quantitative estimate of drug-likeness (QED) is 0.409. The average molecular weight is 456 g/mol. The van der Waals surface area contributed by atoms with Crippen LogP contribution in [-0.2, 0) is 17.4 Å². The molecule has 1 aliphatic carbocycles. The van der Waals surface area contributed by atoms with Crippen LogP contribution in [0.15, 0.2) is 60.7 Å². The van der Waals surface area contributed by atoms with Crippen molar-refractivity contribution in [1.82, 2.24) is 5.32 Å². The van der Waals surface area contributed by atoms with Crippen LogP contribution in [0.5, 0.6) is 0 Å². The van der Waals surface area contributed by atoms with Crippen molar-refractivity contribution < 1.29 is 23.1 Å². The van der Waals surface area contributed by atoms with E-state index in [1.54, 1.807) is 6.07 Å². The number of alkyl halides is 3. The molecule has 33 heavy (non-hydrogen) atoms. The molecule has 3 nitrogen and oxygen atoms in total. The van der Waals surface area contributed by atoms with E-state index in [-0.39, 0.29) is 36.4 Å². The highest BCUT2D eigenvalue weighted by atomic mass is 19.4. The normalized spacial score (nSPS) is 19.6. The number of aliphatic carboxylic acids is 1. The molecule has 0 aliphatic heterocycles. The van der Waals surface area contributed by atoms with Crippen LogP contribution in [0.25, 0.3) is 10.8 Å². The highest BCUT2D eigenvalue weighted by Crippen LogP contribution is 2.40. The molecule has 3 aromatic rings. The summed E-state index contributed by atoms with van der Waals surface area (Å²) in [5.41, 5.74) is 1.25. The number of benzene rings is 3. The van der Waals surface area contributed by atoms with Gasteiger partial charge in [0.2, 0.25) is 0 Å². The minimum atomic E-state index is -4.50. The lowest BCUT2D eigenvalue weighted by Gasteiger charge is -2.22. The highest BCUT2D eigenvalue weighted by Gasteiger charge is 2.35. The van der Waals surface area contributed by atoms with Gasteiger partial charge in [-0.25, -0.2) is 0 Å². The van der Waals surface area contributed by atoms with E-state index >= 15 is 0 Å². The van der Waals surface area contributed by atoms with Crippen LogP contribution < -0.4 is 5.32 Å². The zero-order valence-electron chi connectivity index (χ0n) is 18.5. The first-order valence-corrected chi connectivity index (χ1v) is 11.4. The van der Waals surface area contributed by atoms with E-state index < -0.39 is 17.7 Å². The molecular formula is C27H28F3NO2. The fourth-order valence-electron chi connectivity index (χ4n) is 5.08. The van der Waals surface area contributed by atoms with E-state index in [2.05, 4.69) is 42.6 Å². The molecule has 0 heterocycles. The van der Waals surface area contributed by atoms with Gasteiger partial charge >= 0.3 is 12.1 Å². The summed E-state index contributed by atoms with van der Waals surface area (Å²) in [7, 11) is 0. The van der Waals surface area contributed by atoms with E-state index in [0.717, 1.165) is 19.3 Å². The van der Waals surface area contributed by atoms with Crippen LogP contribution in [0.1, 0.15) is 66.8 Å². The monoisotopic (exact) mass is 455 g/mol. The Labute approximate surface area is 191 Å². The van der Waals surface area contributed by atoms with Gasteiger partial charge in [0.15, 0.2) is 0 Å². The zero-order chi connectivity index (χ0) is 23.6. The van der Waals surface area contributed by atoms with Crippen LogP contribution in [0.3, 0.4) is 0 Å². The number of carboxylic acid groups (broad SMARTS) is 1. The summed E-state index contributed by atoms with van der Waals surface area (Å²) in [5.74, 6) is -1.05. The Morgan fingerprint density at radius 3 is 2.61 bits per heavy atom. The largest absolute Gasteiger partial charge is 0.481 e. The summed E-state index contributed by atoms with van der Waals surface area (Å²) in [6.45, 7) is 2.13. The van der Waals surface area contributed by atoms with Gasteiger partial charge in [-0.3, -0.25) is 4.79 Å². The second kappa shape index (κ2) is 9.56. The van der Waals surface area contributed by atoms with E-state index in [1.165, 1.54) is 28.5 Å². The first-order chi connectivity index (χ1) is 15.7. The first-order valence-electron chi connectivity index (χ1n) is 11.4. The maximum atomic E-state index is 13.6. The molecule has 1 fully saturated rings. The molecule has 0 amide bonds. The van der Waals surface area contributed by atoms with E-state index in [0.29, 0.717) is 5.56 Å². The van der Waals surface area contributed by atoms with E-state index in [1.807, 2.05) is 12.1 Å². The molecule has 6 heteroatoms. The first kappa shape index (κ1) is 23.3. The summed E-state index contributed by atoms with van der Waals surface area (Å²) >= 11 is 0. The highest BCUT2D eigenvalue weighted by molar-refractivity contribution is 5.86. The lowest BCUT2D eigenvalue weighted by atomic mass is 9.92. The molecule has 1 aliphatic rings. The molecule has 2 N–H and O–H groups in total. The van der Waals surface area contributed by atoms with Crippen LogP contribution >= 0.6 is 0 Å². The van der Waals surface area contributed by atoms with Gasteiger partial charge in [0, 0.05) is 18.5 Å². The van der Waals surface area contributed by atoms with Crippen molar-refractivity contribution in [3.8, 4) is 0 Å². The number of fused-ring (bicyclic) bond motifs is 1. The fraction of sp³-hybridized carbons (Fsp3) is 0.370. The van der Waals surface area contributed by atoms with Crippen molar-refractivity contribution in [2.45, 2.75) is 63.2 Å². The third kappa shape index (κ3) is 5.38. The molecule has 3 atom stereocenters. The van der Waals surface area contributed by atoms with Crippen LogP contribution in [-0.4, -0.2) is 17.1 Å². The number of carboxylic acids is 1. The minimum Gasteiger partial charge on any atom is -0.481 e. The number of hydrogen-bond donors (Lipinski definition) is 2. The van der Waals surface area contributed by atoms with Gasteiger partial charge in [-0.1, -0.05) is 54.6 Å². The van der Waals surface area contributed by atoms with Crippen LogP contribution in [0, 0.1) is 0 Å². The lowest BCUT2D eigenvalue weighted by molar-refractivity contribution is -0.140. The molecule has 0 saturated heterocycles. The molecule has 1 unspecified atom stereocenters. The van der Waals surface area contributed by atoms with Crippen molar-refractivity contribution >= 4 is 16.7 Å². The van der Waals surface area contributed by atoms with Gasteiger partial charge in [-0.05, 0) is 72.1 Å². The third-order valence-electron chi connectivity index (χ3n) is 6.73. The summed E-state index contributed by atoms with van der Waals surface area (Å²) in [6.07, 6.45) is -2.43. The molecule has 0 aromatic heterocycles. The van der Waals surface area contributed by atoms with Crippen molar-refractivity contribution in [2.24, 2.45) is 0 Å². The van der Waals surface area contributed by atoms with Gasteiger partial charge in [-0.15, -0.1) is 0 Å². The Morgan fingerprint density at radius 2 is 1.85 bits per heavy atom. The summed E-state index contributed by atoms with van der Waals surface area (Å²) in [4.78, 5) is 10.8. The molecule has 1 saturated carbocycles.